The first-order chi connectivity index (χ1) is 8.73. The normalized spacial score (nSPS) is 11.8. The van der Waals surface area contributed by atoms with Crippen molar-refractivity contribution in [3.8, 4) is 0 Å². The Morgan fingerprint density at radius 3 is 2.21 bits per heavy atom. The van der Waals surface area contributed by atoms with E-state index in [1.165, 1.54) is 11.4 Å². The number of aliphatic carboxylic acids is 1. The zero-order valence-corrected chi connectivity index (χ0v) is 12.2. The van der Waals surface area contributed by atoms with Crippen molar-refractivity contribution < 1.29 is 18.3 Å². The van der Waals surface area contributed by atoms with Crippen LogP contribution in [0.2, 0.25) is 0 Å². The van der Waals surface area contributed by atoms with E-state index in [0.29, 0.717) is 6.42 Å². The van der Waals surface area contributed by atoms with Crippen molar-refractivity contribution in [1.29, 1.82) is 0 Å². The van der Waals surface area contributed by atoms with E-state index in [-0.39, 0.29) is 17.9 Å². The first kappa shape index (κ1) is 15.7. The molecule has 0 fully saturated rings. The van der Waals surface area contributed by atoms with E-state index < -0.39 is 16.0 Å². The average Bonchev–Trinajstić information content (AvgIpc) is 2.26. The van der Waals surface area contributed by atoms with Crippen LogP contribution in [0.3, 0.4) is 0 Å². The van der Waals surface area contributed by atoms with Crippen LogP contribution in [0.15, 0.2) is 23.1 Å². The minimum absolute atomic E-state index is 0.0350. The summed E-state index contributed by atoms with van der Waals surface area (Å²) in [6.45, 7) is 3.88. The molecule has 0 aliphatic rings. The fraction of sp³-hybridized carbons (Fsp3) is 0.462. The second kappa shape index (κ2) is 6.16. The Morgan fingerprint density at radius 2 is 1.74 bits per heavy atom. The Hall–Kier alpha value is -1.40. The van der Waals surface area contributed by atoms with Crippen LogP contribution < -0.4 is 0 Å². The molecule has 0 bridgehead atoms. The highest BCUT2D eigenvalue weighted by molar-refractivity contribution is 7.89. The van der Waals surface area contributed by atoms with Gasteiger partial charge >= 0.3 is 5.97 Å². The predicted molar refractivity (Wildman–Crippen MR) is 72.6 cm³/mol. The quantitative estimate of drug-likeness (QED) is 0.864. The zero-order chi connectivity index (χ0) is 14.6. The molecule has 0 amide bonds. The van der Waals surface area contributed by atoms with E-state index in [0.717, 1.165) is 11.1 Å². The summed E-state index contributed by atoms with van der Waals surface area (Å²) in [5, 5.41) is 8.55. The number of hydrogen-bond acceptors (Lipinski definition) is 3. The van der Waals surface area contributed by atoms with Crippen LogP contribution in [-0.4, -0.2) is 37.4 Å². The first-order valence-electron chi connectivity index (χ1n) is 6.00. The summed E-state index contributed by atoms with van der Waals surface area (Å²) in [4.78, 5) is 10.7. The largest absolute Gasteiger partial charge is 0.481 e. The molecule has 19 heavy (non-hydrogen) atoms. The number of hydrogen-bond donors (Lipinski definition) is 1. The Morgan fingerprint density at radius 1 is 1.21 bits per heavy atom. The van der Waals surface area contributed by atoms with Gasteiger partial charge in [-0.25, -0.2) is 12.7 Å². The van der Waals surface area contributed by atoms with Crippen LogP contribution in [0, 0.1) is 13.8 Å². The number of carboxylic acids is 1. The lowest BCUT2D eigenvalue weighted by atomic mass is 10.2. The molecule has 0 saturated carbocycles. The molecule has 1 N–H and O–H groups in total. The Bertz CT molecular complexity index is 546. The summed E-state index contributed by atoms with van der Waals surface area (Å²) in [5.74, 6) is -0.919. The van der Waals surface area contributed by atoms with Gasteiger partial charge in [-0.2, -0.15) is 0 Å². The molecule has 1 aromatic rings. The van der Waals surface area contributed by atoms with Gasteiger partial charge < -0.3 is 5.11 Å². The maximum atomic E-state index is 12.3. The molecule has 0 saturated heterocycles. The molecule has 1 rings (SSSR count). The molecule has 5 nitrogen and oxygen atoms in total. The topological polar surface area (TPSA) is 74.7 Å². The molecule has 1 aromatic carbocycles. The molecule has 106 valence electrons. The lowest BCUT2D eigenvalue weighted by Gasteiger charge is -2.17. The second-order valence-electron chi connectivity index (χ2n) is 4.65. The van der Waals surface area contributed by atoms with Gasteiger partial charge in [0.25, 0.3) is 0 Å². The van der Waals surface area contributed by atoms with E-state index in [1.54, 1.807) is 12.1 Å². The van der Waals surface area contributed by atoms with Crippen molar-refractivity contribution in [2.75, 3.05) is 13.6 Å². The minimum atomic E-state index is -3.54. The van der Waals surface area contributed by atoms with Crippen LogP contribution in [0.25, 0.3) is 0 Å². The van der Waals surface area contributed by atoms with Crippen molar-refractivity contribution in [2.24, 2.45) is 0 Å². The number of carboxylic acid groups (broad SMARTS) is 1. The molecule has 0 unspecified atom stereocenters. The van der Waals surface area contributed by atoms with Gasteiger partial charge in [-0.1, -0.05) is 6.07 Å². The van der Waals surface area contributed by atoms with Gasteiger partial charge in [0.05, 0.1) is 4.90 Å². The summed E-state index contributed by atoms with van der Waals surface area (Å²) in [6.07, 6.45) is 0.266. The zero-order valence-electron chi connectivity index (χ0n) is 11.4. The van der Waals surface area contributed by atoms with Crippen molar-refractivity contribution >= 4 is 16.0 Å². The highest BCUT2D eigenvalue weighted by Crippen LogP contribution is 2.18. The van der Waals surface area contributed by atoms with Gasteiger partial charge in [-0.15, -0.1) is 0 Å². The van der Waals surface area contributed by atoms with Crippen LogP contribution in [0.1, 0.15) is 24.0 Å². The lowest BCUT2D eigenvalue weighted by Crippen LogP contribution is -2.28. The van der Waals surface area contributed by atoms with E-state index in [4.69, 9.17) is 5.11 Å². The maximum absolute atomic E-state index is 12.3. The fourth-order valence-corrected chi connectivity index (χ4v) is 3.23. The molecular weight excluding hydrogens is 266 g/mol. The Labute approximate surface area is 113 Å². The molecule has 6 heteroatoms. The molecule has 0 spiro atoms. The number of nitrogens with zero attached hydrogens (tertiary/aromatic N) is 1. The average molecular weight is 285 g/mol. The molecule has 0 atom stereocenters. The van der Waals surface area contributed by atoms with Crippen LogP contribution in [0.4, 0.5) is 0 Å². The molecule has 0 radical (unpaired) electrons. The number of sulfonamides is 1. The summed E-state index contributed by atoms with van der Waals surface area (Å²) in [5.41, 5.74) is 1.77. The summed E-state index contributed by atoms with van der Waals surface area (Å²) in [6, 6.07) is 5.15. The Kier molecular flexibility index (Phi) is 5.08. The van der Waals surface area contributed by atoms with E-state index in [2.05, 4.69) is 0 Å². The van der Waals surface area contributed by atoms with Gasteiger partial charge in [-0.3, -0.25) is 4.79 Å². The summed E-state index contributed by atoms with van der Waals surface area (Å²) >= 11 is 0. The molecule has 0 aliphatic heterocycles. The number of benzene rings is 1. The van der Waals surface area contributed by atoms with Gasteiger partial charge in [0.2, 0.25) is 10.0 Å². The maximum Gasteiger partial charge on any atom is 0.303 e. The fourth-order valence-electron chi connectivity index (χ4n) is 1.83. The third kappa shape index (κ3) is 4.33. The third-order valence-electron chi connectivity index (χ3n) is 2.77. The smallest absolute Gasteiger partial charge is 0.303 e. The van der Waals surface area contributed by atoms with Crippen LogP contribution in [0.5, 0.6) is 0 Å². The highest BCUT2D eigenvalue weighted by atomic mass is 32.2. The van der Waals surface area contributed by atoms with Crippen molar-refractivity contribution in [3.05, 3.63) is 29.3 Å². The highest BCUT2D eigenvalue weighted by Gasteiger charge is 2.21. The second-order valence-corrected chi connectivity index (χ2v) is 6.69. The predicted octanol–water partition coefficient (Wildman–Crippen LogP) is 1.79. The summed E-state index contributed by atoms with van der Waals surface area (Å²) in [7, 11) is -2.07. The van der Waals surface area contributed by atoms with Crippen LogP contribution in [-0.2, 0) is 14.8 Å². The van der Waals surface area contributed by atoms with Crippen molar-refractivity contribution in [3.63, 3.8) is 0 Å². The minimum Gasteiger partial charge on any atom is -0.481 e. The van der Waals surface area contributed by atoms with Gasteiger partial charge in [0, 0.05) is 20.0 Å². The van der Waals surface area contributed by atoms with Gasteiger partial charge in [-0.05, 0) is 43.5 Å². The standard InChI is InChI=1S/C13H19NO4S/c1-10-7-11(2)9-12(8-10)19(17,18)14(3)6-4-5-13(15)16/h7-9H,4-6H2,1-3H3,(H,15,16). The summed E-state index contributed by atoms with van der Waals surface area (Å²) < 4.78 is 25.8. The monoisotopic (exact) mass is 285 g/mol. The van der Waals surface area contributed by atoms with Gasteiger partial charge in [0.15, 0.2) is 0 Å². The molecule has 0 heterocycles. The first-order valence-corrected chi connectivity index (χ1v) is 7.44. The number of carbonyl (C=O) groups is 1. The third-order valence-corrected chi connectivity index (χ3v) is 4.60. The van der Waals surface area contributed by atoms with E-state index in [1.807, 2.05) is 19.9 Å². The van der Waals surface area contributed by atoms with E-state index in [9.17, 15) is 13.2 Å². The lowest BCUT2D eigenvalue weighted by molar-refractivity contribution is -0.137. The van der Waals surface area contributed by atoms with Crippen molar-refractivity contribution in [1.82, 2.24) is 4.31 Å². The van der Waals surface area contributed by atoms with Crippen molar-refractivity contribution in [2.45, 2.75) is 31.6 Å². The van der Waals surface area contributed by atoms with Gasteiger partial charge in [0.1, 0.15) is 0 Å². The van der Waals surface area contributed by atoms with Crippen LogP contribution >= 0.6 is 0 Å². The number of rotatable bonds is 6. The van der Waals surface area contributed by atoms with E-state index >= 15 is 0 Å². The Balaban J connectivity index is 2.87. The molecular formula is C13H19NO4S. The number of aryl methyl sites for hydroxylation is 2. The molecule has 0 aromatic heterocycles. The molecule has 0 aliphatic carbocycles. The SMILES string of the molecule is Cc1cc(C)cc(S(=O)(=O)N(C)CCCC(=O)O)c1.